The second-order valence-corrected chi connectivity index (χ2v) is 4.37. The molecular formula is C17H16O2. The van der Waals surface area contributed by atoms with E-state index in [4.69, 9.17) is 0 Å². The fourth-order valence-corrected chi connectivity index (χ4v) is 1.89. The van der Waals surface area contributed by atoms with E-state index in [-0.39, 0.29) is 12.4 Å². The van der Waals surface area contributed by atoms with E-state index in [2.05, 4.69) is 0 Å². The lowest BCUT2D eigenvalue weighted by Gasteiger charge is -2.06. The van der Waals surface area contributed by atoms with Crippen LogP contribution in [0.5, 0.6) is 0 Å². The van der Waals surface area contributed by atoms with Crippen LogP contribution < -0.4 is 0 Å². The Morgan fingerprint density at radius 1 is 1.00 bits per heavy atom. The molecule has 0 unspecified atom stereocenters. The minimum absolute atomic E-state index is 0.0334. The van der Waals surface area contributed by atoms with Crippen molar-refractivity contribution in [3.05, 3.63) is 71.3 Å². The van der Waals surface area contributed by atoms with Crippen molar-refractivity contribution in [2.75, 3.05) is 6.61 Å². The molecule has 0 saturated heterocycles. The molecule has 0 amide bonds. The molecule has 0 aromatic heterocycles. The number of carbonyl (C=O) groups excluding carboxylic acids is 1. The third kappa shape index (κ3) is 3.39. The Bertz CT molecular complexity index is 580. The number of aliphatic hydroxyl groups excluding tert-OH is 1. The van der Waals surface area contributed by atoms with Crippen molar-refractivity contribution in [1.82, 2.24) is 0 Å². The van der Waals surface area contributed by atoms with Gasteiger partial charge in [-0.1, -0.05) is 54.6 Å². The minimum atomic E-state index is -0.0334. The Labute approximate surface area is 113 Å². The molecule has 2 aromatic carbocycles. The fourth-order valence-electron chi connectivity index (χ4n) is 1.89. The maximum atomic E-state index is 11.2. The maximum Gasteiger partial charge on any atom is 0.159 e. The summed E-state index contributed by atoms with van der Waals surface area (Å²) in [6.45, 7) is 1.51. The minimum Gasteiger partial charge on any atom is -0.392 e. The molecule has 0 aliphatic rings. The van der Waals surface area contributed by atoms with Crippen LogP contribution >= 0.6 is 0 Å². The van der Waals surface area contributed by atoms with Crippen LogP contribution in [0.4, 0.5) is 0 Å². The van der Waals surface area contributed by atoms with Gasteiger partial charge in [0.15, 0.2) is 5.78 Å². The lowest BCUT2D eigenvalue weighted by atomic mass is 10.0. The van der Waals surface area contributed by atoms with Gasteiger partial charge in [0, 0.05) is 5.56 Å². The first-order chi connectivity index (χ1) is 9.20. The van der Waals surface area contributed by atoms with Gasteiger partial charge in [0.2, 0.25) is 0 Å². The number of aliphatic hydroxyl groups is 1. The third-order valence-electron chi connectivity index (χ3n) is 2.97. The molecule has 2 heteroatoms. The first-order valence-electron chi connectivity index (χ1n) is 6.18. The van der Waals surface area contributed by atoms with Crippen LogP contribution in [0.3, 0.4) is 0 Å². The summed E-state index contributed by atoms with van der Waals surface area (Å²) in [7, 11) is 0. The van der Waals surface area contributed by atoms with Crippen LogP contribution in [-0.2, 0) is 0 Å². The highest BCUT2D eigenvalue weighted by atomic mass is 16.3. The highest BCUT2D eigenvalue weighted by molar-refractivity contribution is 5.94. The Morgan fingerprint density at radius 3 is 2.11 bits per heavy atom. The summed E-state index contributed by atoms with van der Waals surface area (Å²) in [5.41, 5.74) is 3.49. The molecule has 0 heterocycles. The second-order valence-electron chi connectivity index (χ2n) is 4.37. The van der Waals surface area contributed by atoms with Crippen LogP contribution in [0, 0.1) is 0 Å². The SMILES string of the molecule is CC(=O)c1ccc(/C(=C/c2ccccc2)CO)cc1. The van der Waals surface area contributed by atoms with E-state index in [1.807, 2.05) is 48.5 Å². The molecule has 0 bridgehead atoms. The van der Waals surface area contributed by atoms with E-state index < -0.39 is 0 Å². The van der Waals surface area contributed by atoms with E-state index in [1.165, 1.54) is 0 Å². The van der Waals surface area contributed by atoms with E-state index in [0.717, 1.165) is 16.7 Å². The van der Waals surface area contributed by atoms with Gasteiger partial charge in [-0.15, -0.1) is 0 Å². The maximum absolute atomic E-state index is 11.2. The molecule has 0 radical (unpaired) electrons. The van der Waals surface area contributed by atoms with Gasteiger partial charge in [0.05, 0.1) is 6.61 Å². The zero-order valence-electron chi connectivity index (χ0n) is 10.8. The van der Waals surface area contributed by atoms with E-state index >= 15 is 0 Å². The van der Waals surface area contributed by atoms with Crippen LogP contribution in [0.25, 0.3) is 11.6 Å². The van der Waals surface area contributed by atoms with Gasteiger partial charge >= 0.3 is 0 Å². The highest BCUT2D eigenvalue weighted by Gasteiger charge is 2.03. The number of hydrogen-bond acceptors (Lipinski definition) is 2. The van der Waals surface area contributed by atoms with Crippen LogP contribution in [0.15, 0.2) is 54.6 Å². The summed E-state index contributed by atoms with van der Waals surface area (Å²) < 4.78 is 0. The average Bonchev–Trinajstić information content (AvgIpc) is 2.46. The molecule has 2 nitrogen and oxygen atoms in total. The van der Waals surface area contributed by atoms with Crippen LogP contribution in [0.2, 0.25) is 0 Å². The molecular weight excluding hydrogens is 236 g/mol. The predicted octanol–water partition coefficient (Wildman–Crippen LogP) is 3.42. The molecule has 96 valence electrons. The Balaban J connectivity index is 2.32. The van der Waals surface area contributed by atoms with Gasteiger partial charge in [0.1, 0.15) is 0 Å². The normalized spacial score (nSPS) is 11.4. The lowest BCUT2D eigenvalue weighted by Crippen LogP contribution is -1.94. The zero-order chi connectivity index (χ0) is 13.7. The first-order valence-corrected chi connectivity index (χ1v) is 6.18. The summed E-state index contributed by atoms with van der Waals surface area (Å²) >= 11 is 0. The lowest BCUT2D eigenvalue weighted by molar-refractivity contribution is 0.101. The molecule has 19 heavy (non-hydrogen) atoms. The van der Waals surface area contributed by atoms with Crippen molar-refractivity contribution in [2.24, 2.45) is 0 Å². The predicted molar refractivity (Wildman–Crippen MR) is 77.8 cm³/mol. The third-order valence-corrected chi connectivity index (χ3v) is 2.97. The molecule has 0 saturated carbocycles. The number of carbonyl (C=O) groups is 1. The van der Waals surface area contributed by atoms with Crippen molar-refractivity contribution >= 4 is 17.4 Å². The first kappa shape index (κ1) is 13.2. The van der Waals surface area contributed by atoms with Crippen LogP contribution in [-0.4, -0.2) is 17.5 Å². The van der Waals surface area contributed by atoms with Crippen molar-refractivity contribution < 1.29 is 9.90 Å². The Morgan fingerprint density at radius 2 is 1.58 bits per heavy atom. The summed E-state index contributed by atoms with van der Waals surface area (Å²) in [5, 5.41) is 9.48. The molecule has 0 aliphatic heterocycles. The van der Waals surface area contributed by atoms with Crippen molar-refractivity contribution in [3.63, 3.8) is 0 Å². The molecule has 0 spiro atoms. The van der Waals surface area contributed by atoms with E-state index in [1.54, 1.807) is 19.1 Å². The van der Waals surface area contributed by atoms with Gasteiger partial charge in [-0.05, 0) is 29.7 Å². The van der Waals surface area contributed by atoms with Gasteiger partial charge in [-0.2, -0.15) is 0 Å². The second kappa shape index (κ2) is 6.12. The zero-order valence-corrected chi connectivity index (χ0v) is 10.8. The van der Waals surface area contributed by atoms with Gasteiger partial charge in [-0.25, -0.2) is 0 Å². The van der Waals surface area contributed by atoms with Crippen molar-refractivity contribution in [3.8, 4) is 0 Å². The molecule has 0 aliphatic carbocycles. The molecule has 2 aromatic rings. The van der Waals surface area contributed by atoms with Crippen molar-refractivity contribution in [1.29, 1.82) is 0 Å². The summed E-state index contributed by atoms with van der Waals surface area (Å²) in [5.74, 6) is 0.0455. The number of rotatable bonds is 4. The monoisotopic (exact) mass is 252 g/mol. The number of ketones is 1. The van der Waals surface area contributed by atoms with E-state index in [0.29, 0.717) is 5.56 Å². The molecule has 2 rings (SSSR count). The molecule has 0 atom stereocenters. The Hall–Kier alpha value is -2.19. The summed E-state index contributed by atoms with van der Waals surface area (Å²) in [6, 6.07) is 17.1. The average molecular weight is 252 g/mol. The smallest absolute Gasteiger partial charge is 0.159 e. The summed E-state index contributed by atoms with van der Waals surface area (Å²) in [4.78, 5) is 11.2. The number of Topliss-reactive ketones (excluding diaryl/α,β-unsaturated/α-hetero) is 1. The Kier molecular flexibility index (Phi) is 4.26. The quantitative estimate of drug-likeness (QED) is 0.668. The highest BCUT2D eigenvalue weighted by Crippen LogP contribution is 2.18. The topological polar surface area (TPSA) is 37.3 Å². The van der Waals surface area contributed by atoms with E-state index in [9.17, 15) is 9.90 Å². The summed E-state index contributed by atoms with van der Waals surface area (Å²) in [6.07, 6.45) is 1.95. The number of hydrogen-bond donors (Lipinski definition) is 1. The largest absolute Gasteiger partial charge is 0.392 e. The van der Waals surface area contributed by atoms with Gasteiger partial charge in [0.25, 0.3) is 0 Å². The number of benzene rings is 2. The molecule has 1 N–H and O–H groups in total. The van der Waals surface area contributed by atoms with Crippen molar-refractivity contribution in [2.45, 2.75) is 6.92 Å². The molecule has 0 fully saturated rings. The standard InChI is InChI=1S/C17H16O2/c1-13(19)15-7-9-16(10-8-15)17(12-18)11-14-5-3-2-4-6-14/h2-11,18H,12H2,1H3/b17-11+. The van der Waals surface area contributed by atoms with Crippen LogP contribution in [0.1, 0.15) is 28.4 Å². The van der Waals surface area contributed by atoms with Gasteiger partial charge < -0.3 is 5.11 Å². The fraction of sp³-hybridized carbons (Fsp3) is 0.118. The van der Waals surface area contributed by atoms with Gasteiger partial charge in [-0.3, -0.25) is 4.79 Å².